The zero-order chi connectivity index (χ0) is 18.9. The normalized spacial score (nSPS) is 24.7. The van der Waals surface area contributed by atoms with Crippen LogP contribution in [0.2, 0.25) is 0 Å². The van der Waals surface area contributed by atoms with E-state index in [9.17, 15) is 20.2 Å². The molecule has 1 heterocycles. The average molecular weight is 347 g/mol. The summed E-state index contributed by atoms with van der Waals surface area (Å²) >= 11 is 0. The SMILES string of the molecule is CCN1CC=C2C(C#N)=C(N)C(C#N)(C#N)[C@@H](c3ccc(F)cc3)[C@@H]2C1. The molecule has 0 amide bonds. The van der Waals surface area contributed by atoms with Gasteiger partial charge < -0.3 is 5.73 Å². The third-order valence-corrected chi connectivity index (χ3v) is 5.42. The van der Waals surface area contributed by atoms with E-state index in [2.05, 4.69) is 23.1 Å². The maximum Gasteiger partial charge on any atom is 0.191 e. The zero-order valence-electron chi connectivity index (χ0n) is 14.4. The van der Waals surface area contributed by atoms with Gasteiger partial charge in [0, 0.05) is 24.9 Å². The Kier molecular flexibility index (Phi) is 4.51. The Bertz CT molecular complexity index is 893. The number of hydrogen-bond acceptors (Lipinski definition) is 5. The van der Waals surface area contributed by atoms with Crippen molar-refractivity contribution in [1.82, 2.24) is 4.90 Å². The van der Waals surface area contributed by atoms with Crippen LogP contribution in [-0.4, -0.2) is 24.5 Å². The molecule has 2 aliphatic rings. The van der Waals surface area contributed by atoms with Crippen molar-refractivity contribution in [2.24, 2.45) is 17.1 Å². The molecule has 0 fully saturated rings. The number of benzene rings is 1. The van der Waals surface area contributed by atoms with Gasteiger partial charge in [-0.1, -0.05) is 25.1 Å². The molecular weight excluding hydrogens is 329 g/mol. The van der Waals surface area contributed by atoms with Crippen LogP contribution < -0.4 is 5.73 Å². The first kappa shape index (κ1) is 17.7. The second-order valence-corrected chi connectivity index (χ2v) is 6.58. The van der Waals surface area contributed by atoms with Gasteiger partial charge in [0.25, 0.3) is 0 Å². The van der Waals surface area contributed by atoms with E-state index in [-0.39, 0.29) is 23.0 Å². The maximum absolute atomic E-state index is 13.4. The summed E-state index contributed by atoms with van der Waals surface area (Å²) in [7, 11) is 0. The Morgan fingerprint density at radius 1 is 1.23 bits per heavy atom. The molecule has 1 aliphatic carbocycles. The summed E-state index contributed by atoms with van der Waals surface area (Å²) in [4.78, 5) is 2.18. The third-order valence-electron chi connectivity index (χ3n) is 5.42. The zero-order valence-corrected chi connectivity index (χ0v) is 14.4. The quantitative estimate of drug-likeness (QED) is 0.886. The molecule has 2 atom stereocenters. The summed E-state index contributed by atoms with van der Waals surface area (Å²) in [6, 6.07) is 12.1. The van der Waals surface area contributed by atoms with E-state index < -0.39 is 11.3 Å². The topological polar surface area (TPSA) is 101 Å². The number of halogens is 1. The highest BCUT2D eigenvalue weighted by molar-refractivity contribution is 5.59. The fourth-order valence-electron chi connectivity index (χ4n) is 4.04. The molecule has 0 bridgehead atoms. The fraction of sp³-hybridized carbons (Fsp3) is 0.350. The van der Waals surface area contributed by atoms with Gasteiger partial charge in [-0.2, -0.15) is 15.8 Å². The smallest absolute Gasteiger partial charge is 0.191 e. The van der Waals surface area contributed by atoms with E-state index in [1.165, 1.54) is 12.1 Å². The summed E-state index contributed by atoms with van der Waals surface area (Å²) in [5.74, 6) is -1.20. The van der Waals surface area contributed by atoms with Crippen molar-refractivity contribution in [1.29, 1.82) is 15.8 Å². The van der Waals surface area contributed by atoms with Gasteiger partial charge in [-0.3, -0.25) is 4.90 Å². The van der Waals surface area contributed by atoms with Gasteiger partial charge in [0.1, 0.15) is 11.9 Å². The number of fused-ring (bicyclic) bond motifs is 1. The molecular formula is C20H18FN5. The molecule has 0 spiro atoms. The van der Waals surface area contributed by atoms with Gasteiger partial charge in [0.15, 0.2) is 5.41 Å². The number of hydrogen-bond donors (Lipinski definition) is 1. The van der Waals surface area contributed by atoms with E-state index in [0.717, 1.165) is 12.1 Å². The molecule has 0 unspecified atom stereocenters. The highest BCUT2D eigenvalue weighted by Gasteiger charge is 2.54. The molecule has 2 N–H and O–H groups in total. The molecule has 6 heteroatoms. The predicted octanol–water partition coefficient (Wildman–Crippen LogP) is 2.57. The first-order valence-corrected chi connectivity index (χ1v) is 8.43. The maximum atomic E-state index is 13.4. The lowest BCUT2D eigenvalue weighted by Gasteiger charge is -2.45. The monoisotopic (exact) mass is 347 g/mol. The van der Waals surface area contributed by atoms with Crippen molar-refractivity contribution in [3.05, 3.63) is 58.6 Å². The van der Waals surface area contributed by atoms with Crippen LogP contribution in [0.15, 0.2) is 47.2 Å². The minimum absolute atomic E-state index is 0.00762. The fourth-order valence-corrected chi connectivity index (χ4v) is 4.04. The largest absolute Gasteiger partial charge is 0.399 e. The first-order chi connectivity index (χ1) is 12.5. The number of nitrogens with two attached hydrogens (primary N) is 1. The van der Waals surface area contributed by atoms with Crippen molar-refractivity contribution in [3.63, 3.8) is 0 Å². The van der Waals surface area contributed by atoms with Crippen LogP contribution in [-0.2, 0) is 0 Å². The van der Waals surface area contributed by atoms with Crippen LogP contribution in [0, 0.1) is 51.1 Å². The molecule has 1 aliphatic heterocycles. The van der Waals surface area contributed by atoms with E-state index in [4.69, 9.17) is 5.73 Å². The molecule has 1 aromatic carbocycles. The summed E-state index contributed by atoms with van der Waals surface area (Å²) in [5, 5.41) is 29.5. The summed E-state index contributed by atoms with van der Waals surface area (Å²) in [5.41, 5.74) is 6.21. The Labute approximate surface area is 152 Å². The number of likely N-dealkylation sites (N-methyl/N-ethyl adjacent to an activating group) is 1. The molecule has 0 saturated heterocycles. The predicted molar refractivity (Wildman–Crippen MR) is 93.3 cm³/mol. The standard InChI is InChI=1S/C20H18FN5/c1-2-26-8-7-15-16(9-22)19(25)20(11-23,12-24)18(17(15)10-26)13-3-5-14(21)6-4-13/h3-7,17-18H,2,8,10,25H2,1H3/t17-,18+/m1/s1. The molecule has 3 rings (SSSR count). The lowest BCUT2D eigenvalue weighted by Crippen LogP contribution is -2.48. The van der Waals surface area contributed by atoms with Crippen LogP contribution >= 0.6 is 0 Å². The number of nitrogens with zero attached hydrogens (tertiary/aromatic N) is 4. The number of nitriles is 3. The second-order valence-electron chi connectivity index (χ2n) is 6.58. The third kappa shape index (κ3) is 2.46. The minimum atomic E-state index is -1.67. The van der Waals surface area contributed by atoms with E-state index in [1.807, 2.05) is 13.0 Å². The summed E-state index contributed by atoms with van der Waals surface area (Å²) in [6.07, 6.45) is 1.96. The van der Waals surface area contributed by atoms with Crippen LogP contribution in [0.3, 0.4) is 0 Å². The molecule has 0 aromatic heterocycles. The van der Waals surface area contributed by atoms with Crippen molar-refractivity contribution < 1.29 is 4.39 Å². The van der Waals surface area contributed by atoms with E-state index >= 15 is 0 Å². The molecule has 5 nitrogen and oxygen atoms in total. The van der Waals surface area contributed by atoms with Gasteiger partial charge in [0.05, 0.1) is 23.4 Å². The van der Waals surface area contributed by atoms with Crippen LogP contribution in [0.1, 0.15) is 18.4 Å². The van der Waals surface area contributed by atoms with Gasteiger partial charge in [-0.15, -0.1) is 0 Å². The van der Waals surface area contributed by atoms with Crippen LogP contribution in [0.5, 0.6) is 0 Å². The van der Waals surface area contributed by atoms with Crippen LogP contribution in [0.4, 0.5) is 4.39 Å². The number of rotatable bonds is 2. The van der Waals surface area contributed by atoms with Crippen molar-refractivity contribution in [3.8, 4) is 18.2 Å². The lowest BCUT2D eigenvalue weighted by molar-refractivity contribution is 0.214. The minimum Gasteiger partial charge on any atom is -0.399 e. The van der Waals surface area contributed by atoms with Crippen molar-refractivity contribution >= 4 is 0 Å². The van der Waals surface area contributed by atoms with Crippen molar-refractivity contribution in [2.45, 2.75) is 12.8 Å². The van der Waals surface area contributed by atoms with Gasteiger partial charge >= 0.3 is 0 Å². The molecule has 130 valence electrons. The molecule has 0 saturated carbocycles. The van der Waals surface area contributed by atoms with Gasteiger partial charge in [0.2, 0.25) is 0 Å². The van der Waals surface area contributed by atoms with Crippen molar-refractivity contribution in [2.75, 3.05) is 19.6 Å². The van der Waals surface area contributed by atoms with Gasteiger partial charge in [-0.05, 0) is 29.8 Å². The molecule has 26 heavy (non-hydrogen) atoms. The van der Waals surface area contributed by atoms with E-state index in [1.54, 1.807) is 12.1 Å². The molecule has 0 radical (unpaired) electrons. The number of allylic oxidation sites excluding steroid dienone is 2. The lowest BCUT2D eigenvalue weighted by atomic mass is 9.58. The Balaban J connectivity index is 2.30. The Morgan fingerprint density at radius 3 is 2.42 bits per heavy atom. The second kappa shape index (κ2) is 6.64. The Morgan fingerprint density at radius 2 is 1.88 bits per heavy atom. The highest BCUT2D eigenvalue weighted by Crippen LogP contribution is 2.54. The van der Waals surface area contributed by atoms with E-state index in [0.29, 0.717) is 18.7 Å². The van der Waals surface area contributed by atoms with Gasteiger partial charge in [-0.25, -0.2) is 4.39 Å². The Hall–Kier alpha value is -3.14. The summed E-state index contributed by atoms with van der Waals surface area (Å²) < 4.78 is 13.4. The average Bonchev–Trinajstić information content (AvgIpc) is 2.68. The van der Waals surface area contributed by atoms with Crippen LogP contribution in [0.25, 0.3) is 0 Å². The summed E-state index contributed by atoms with van der Waals surface area (Å²) in [6.45, 7) is 4.13. The molecule has 1 aromatic rings. The first-order valence-electron chi connectivity index (χ1n) is 8.43. The highest BCUT2D eigenvalue weighted by atomic mass is 19.1.